The highest BCUT2D eigenvalue weighted by atomic mass is 127. The molecule has 0 saturated carbocycles. The molecule has 15 nitrogen and oxygen atoms in total. The van der Waals surface area contributed by atoms with Crippen LogP contribution in [0.5, 0.6) is 0 Å². The summed E-state index contributed by atoms with van der Waals surface area (Å²) in [5.41, 5.74) is 0.224. The third kappa shape index (κ3) is 11.7. The summed E-state index contributed by atoms with van der Waals surface area (Å²) in [5.74, 6) is -4.67. The Bertz CT molecular complexity index is 1360. The fourth-order valence-electron chi connectivity index (χ4n) is 4.11. The number of aliphatic hydroxyl groups excluding tert-OH is 1. The van der Waals surface area contributed by atoms with Crippen molar-refractivity contribution >= 4 is 109 Å². The van der Waals surface area contributed by atoms with Crippen LogP contribution in [-0.2, 0) is 42.9 Å². The maximum atomic E-state index is 13.9. The van der Waals surface area contributed by atoms with Crippen LogP contribution in [-0.4, -0.2) is 104 Å². The molecular formula is C28H36I3N3O12. The second-order valence-corrected chi connectivity index (χ2v) is 13.7. The summed E-state index contributed by atoms with van der Waals surface area (Å²) in [5, 5.41) is 16.1. The average Bonchev–Trinajstić information content (AvgIpc) is 3.05. The van der Waals surface area contributed by atoms with Gasteiger partial charge in [0.15, 0.2) is 11.9 Å². The van der Waals surface area contributed by atoms with Crippen molar-refractivity contribution in [3.05, 3.63) is 21.8 Å². The Kier molecular flexibility index (Phi) is 15.8. The molecule has 0 aliphatic carbocycles. The SMILES string of the molecule is CC(=O)OCCNC(=O)c1c(I)c(C(=O)N[C@@H]2COC(C)(C)OC[C@H]2O)c(I)c(N(CC(COC(C)=O)OC(C)=O)C(C)=O)c1I. The van der Waals surface area contributed by atoms with Gasteiger partial charge in [-0.05, 0) is 81.6 Å². The summed E-state index contributed by atoms with van der Waals surface area (Å²) in [6.45, 7) is 7.20. The van der Waals surface area contributed by atoms with Crippen molar-refractivity contribution in [2.45, 2.75) is 65.6 Å². The zero-order valence-corrected chi connectivity index (χ0v) is 32.5. The van der Waals surface area contributed by atoms with E-state index >= 15 is 0 Å². The van der Waals surface area contributed by atoms with E-state index < -0.39 is 59.7 Å². The van der Waals surface area contributed by atoms with E-state index in [2.05, 4.69) is 10.6 Å². The molecule has 46 heavy (non-hydrogen) atoms. The van der Waals surface area contributed by atoms with Crippen molar-refractivity contribution in [1.82, 2.24) is 10.6 Å². The largest absolute Gasteiger partial charge is 0.464 e. The number of amides is 3. The number of hydrogen-bond acceptors (Lipinski definition) is 12. The van der Waals surface area contributed by atoms with Crippen LogP contribution in [0.4, 0.5) is 5.69 Å². The summed E-state index contributed by atoms with van der Waals surface area (Å²) in [6, 6.07) is -0.884. The normalized spacial score (nSPS) is 18.0. The van der Waals surface area contributed by atoms with Crippen LogP contribution in [0.1, 0.15) is 62.3 Å². The number of halogens is 3. The van der Waals surface area contributed by atoms with Gasteiger partial charge in [0, 0.05) is 31.3 Å². The Hall–Kier alpha value is -1.89. The van der Waals surface area contributed by atoms with Crippen LogP contribution in [0, 0.1) is 10.7 Å². The monoisotopic (exact) mass is 987 g/mol. The van der Waals surface area contributed by atoms with Gasteiger partial charge in [0.25, 0.3) is 11.8 Å². The lowest BCUT2D eigenvalue weighted by Gasteiger charge is -2.30. The van der Waals surface area contributed by atoms with Gasteiger partial charge in [-0.1, -0.05) is 0 Å². The summed E-state index contributed by atoms with van der Waals surface area (Å²) in [4.78, 5) is 76.4. The molecule has 2 rings (SSSR count). The molecule has 3 N–H and O–H groups in total. The van der Waals surface area contributed by atoms with Crippen LogP contribution < -0.4 is 15.5 Å². The van der Waals surface area contributed by atoms with E-state index in [4.69, 9.17) is 23.7 Å². The molecule has 0 bridgehead atoms. The molecule has 1 saturated heterocycles. The van der Waals surface area contributed by atoms with Gasteiger partial charge < -0.3 is 44.3 Å². The van der Waals surface area contributed by atoms with Crippen molar-refractivity contribution in [2.24, 2.45) is 0 Å². The van der Waals surface area contributed by atoms with E-state index in [0.717, 1.165) is 6.92 Å². The fourth-order valence-corrected chi connectivity index (χ4v) is 8.84. The zero-order chi connectivity index (χ0) is 34.9. The molecule has 1 fully saturated rings. The lowest BCUT2D eigenvalue weighted by molar-refractivity contribution is -0.203. The third-order valence-corrected chi connectivity index (χ3v) is 9.45. The number of hydrogen-bond donors (Lipinski definition) is 3. The maximum Gasteiger partial charge on any atom is 0.303 e. The zero-order valence-electron chi connectivity index (χ0n) is 26.0. The smallest absolute Gasteiger partial charge is 0.303 e. The molecule has 1 aromatic carbocycles. The Balaban J connectivity index is 2.68. The number of carbonyl (C=O) groups excluding carboxylic acids is 6. The van der Waals surface area contributed by atoms with Crippen LogP contribution in [0.15, 0.2) is 0 Å². The second kappa shape index (κ2) is 18.0. The topological polar surface area (TPSA) is 196 Å². The Labute approximate surface area is 306 Å². The van der Waals surface area contributed by atoms with Crippen LogP contribution >= 0.6 is 67.8 Å². The predicted octanol–water partition coefficient (Wildman–Crippen LogP) is 1.88. The minimum absolute atomic E-state index is 0.0219. The van der Waals surface area contributed by atoms with E-state index in [1.165, 1.54) is 25.7 Å². The predicted molar refractivity (Wildman–Crippen MR) is 187 cm³/mol. The van der Waals surface area contributed by atoms with Gasteiger partial charge in [-0.3, -0.25) is 28.8 Å². The lowest BCUT2D eigenvalue weighted by Crippen LogP contribution is -2.47. The van der Waals surface area contributed by atoms with Gasteiger partial charge in [-0.25, -0.2) is 0 Å². The molecule has 1 unspecified atom stereocenters. The van der Waals surface area contributed by atoms with E-state index in [9.17, 15) is 33.9 Å². The van der Waals surface area contributed by atoms with Gasteiger partial charge in [0.2, 0.25) is 5.91 Å². The average molecular weight is 987 g/mol. The molecule has 1 aliphatic heterocycles. The summed E-state index contributed by atoms with van der Waals surface area (Å²) < 4.78 is 27.3. The van der Waals surface area contributed by atoms with Crippen molar-refractivity contribution in [1.29, 1.82) is 0 Å². The standard InChI is InChI=1S/C28H36I3N3O12/c1-13(35)34(9-17(46-16(4)38)10-43-15(3)37)25-23(30)20(26(40)32-7-8-42-14(2)36)22(29)21(24(25)31)27(41)33-18-11-44-28(5,6)45-12-19(18)39/h17-19,39H,7-12H2,1-6H3,(H,32,40)(H,33,41)/t17?,18-,19-/m1/s1. The number of aliphatic hydroxyl groups is 1. The van der Waals surface area contributed by atoms with Crippen molar-refractivity contribution in [3.8, 4) is 0 Å². The summed E-state index contributed by atoms with van der Waals surface area (Å²) >= 11 is 5.64. The first-order valence-electron chi connectivity index (χ1n) is 13.8. The highest BCUT2D eigenvalue weighted by Crippen LogP contribution is 2.38. The van der Waals surface area contributed by atoms with Crippen molar-refractivity contribution in [2.75, 3.05) is 44.4 Å². The van der Waals surface area contributed by atoms with Gasteiger partial charge in [-0.2, -0.15) is 0 Å². The number of carbonyl (C=O) groups is 6. The molecule has 3 atom stereocenters. The molecule has 0 spiro atoms. The maximum absolute atomic E-state index is 13.9. The van der Waals surface area contributed by atoms with E-state index in [-0.39, 0.29) is 67.0 Å². The highest BCUT2D eigenvalue weighted by Gasteiger charge is 2.36. The molecule has 3 amide bonds. The van der Waals surface area contributed by atoms with Crippen molar-refractivity contribution in [3.63, 3.8) is 0 Å². The Morgan fingerprint density at radius 2 is 1.46 bits per heavy atom. The summed E-state index contributed by atoms with van der Waals surface area (Å²) in [6.07, 6.45) is -2.20. The molecule has 1 heterocycles. The number of anilines is 1. The van der Waals surface area contributed by atoms with Crippen LogP contribution in [0.25, 0.3) is 0 Å². The number of esters is 3. The molecule has 0 aromatic heterocycles. The molecule has 1 aliphatic rings. The lowest BCUT2D eigenvalue weighted by atomic mass is 10.0. The first-order chi connectivity index (χ1) is 21.4. The number of rotatable bonds is 12. The van der Waals surface area contributed by atoms with Gasteiger partial charge in [-0.15, -0.1) is 0 Å². The fraction of sp³-hybridized carbons (Fsp3) is 0.571. The number of ether oxygens (including phenoxy) is 5. The first kappa shape index (κ1) is 40.3. The number of benzene rings is 1. The van der Waals surface area contributed by atoms with Crippen LogP contribution in [0.2, 0.25) is 0 Å². The summed E-state index contributed by atoms with van der Waals surface area (Å²) in [7, 11) is 0. The Morgan fingerprint density at radius 1 is 0.891 bits per heavy atom. The van der Waals surface area contributed by atoms with Gasteiger partial charge >= 0.3 is 17.9 Å². The molecule has 0 radical (unpaired) electrons. The number of nitrogens with one attached hydrogen (secondary N) is 2. The molecule has 1 aromatic rings. The first-order valence-corrected chi connectivity index (χ1v) is 17.1. The van der Waals surface area contributed by atoms with Gasteiger partial charge in [0.05, 0.1) is 62.4 Å². The van der Waals surface area contributed by atoms with E-state index in [1.807, 2.05) is 67.8 Å². The number of nitrogens with zero attached hydrogens (tertiary/aromatic N) is 1. The van der Waals surface area contributed by atoms with Crippen molar-refractivity contribution < 1.29 is 57.6 Å². The third-order valence-electron chi connectivity index (χ3n) is 6.28. The molecule has 256 valence electrons. The molecule has 18 heteroatoms. The minimum Gasteiger partial charge on any atom is -0.464 e. The second-order valence-electron chi connectivity index (χ2n) is 10.5. The van der Waals surface area contributed by atoms with E-state index in [1.54, 1.807) is 13.8 Å². The molecular weight excluding hydrogens is 951 g/mol. The Morgan fingerprint density at radius 3 is 2.00 bits per heavy atom. The highest BCUT2D eigenvalue weighted by molar-refractivity contribution is 14.1. The van der Waals surface area contributed by atoms with Crippen LogP contribution in [0.3, 0.4) is 0 Å². The van der Waals surface area contributed by atoms with E-state index in [0.29, 0.717) is 0 Å². The quantitative estimate of drug-likeness (QED) is 0.119. The van der Waals surface area contributed by atoms with Gasteiger partial charge in [0.1, 0.15) is 13.2 Å². The minimum atomic E-state index is -1.12.